The van der Waals surface area contributed by atoms with E-state index >= 15 is 0 Å². The first kappa shape index (κ1) is 11.7. The van der Waals surface area contributed by atoms with Crippen LogP contribution in [0.4, 0.5) is 0 Å². The minimum atomic E-state index is 0.457. The summed E-state index contributed by atoms with van der Waals surface area (Å²) < 4.78 is 3.04. The van der Waals surface area contributed by atoms with Crippen LogP contribution in [0.25, 0.3) is 5.52 Å². The van der Waals surface area contributed by atoms with Crippen molar-refractivity contribution in [1.82, 2.24) is 14.4 Å². The molecule has 0 spiro atoms. The molecule has 0 N–H and O–H groups in total. The standard InChI is InChI=1S/C12H13ClIN3/c1-12(2)5-7(6-12)11-16-10(14)8-9(13)15-3-4-17(8)11/h3-4,7H,5-6H2,1-2H3. The van der Waals surface area contributed by atoms with Gasteiger partial charge in [-0.1, -0.05) is 25.4 Å². The quantitative estimate of drug-likeness (QED) is 0.721. The van der Waals surface area contributed by atoms with Crippen molar-refractivity contribution in [2.45, 2.75) is 32.6 Å². The first-order chi connectivity index (χ1) is 7.98. The minimum absolute atomic E-state index is 0.457. The van der Waals surface area contributed by atoms with Gasteiger partial charge in [-0.05, 0) is 40.8 Å². The molecule has 90 valence electrons. The molecule has 1 saturated carbocycles. The number of imidazole rings is 1. The molecule has 17 heavy (non-hydrogen) atoms. The van der Waals surface area contributed by atoms with E-state index in [9.17, 15) is 0 Å². The Hall–Kier alpha value is -0.360. The topological polar surface area (TPSA) is 30.2 Å². The molecule has 0 unspecified atom stereocenters. The zero-order valence-electron chi connectivity index (χ0n) is 9.74. The second-order valence-electron chi connectivity index (χ2n) is 5.47. The normalized spacial score (nSPS) is 19.5. The average molecular weight is 362 g/mol. The van der Waals surface area contributed by atoms with E-state index in [0.717, 1.165) is 15.0 Å². The second-order valence-corrected chi connectivity index (χ2v) is 6.85. The summed E-state index contributed by atoms with van der Waals surface area (Å²) in [7, 11) is 0. The Kier molecular flexibility index (Phi) is 2.63. The van der Waals surface area contributed by atoms with Gasteiger partial charge >= 0.3 is 0 Å². The zero-order chi connectivity index (χ0) is 12.2. The third-order valence-electron chi connectivity index (χ3n) is 3.46. The molecule has 5 heteroatoms. The molecule has 0 radical (unpaired) electrons. The minimum Gasteiger partial charge on any atom is -0.298 e. The van der Waals surface area contributed by atoms with Gasteiger partial charge in [0.05, 0.1) is 0 Å². The van der Waals surface area contributed by atoms with E-state index in [0.29, 0.717) is 16.5 Å². The number of rotatable bonds is 1. The monoisotopic (exact) mass is 361 g/mol. The summed E-state index contributed by atoms with van der Waals surface area (Å²) in [6.45, 7) is 4.61. The lowest BCUT2D eigenvalue weighted by Gasteiger charge is -2.41. The third kappa shape index (κ3) is 1.85. The first-order valence-corrected chi connectivity index (χ1v) is 7.11. The van der Waals surface area contributed by atoms with Gasteiger partial charge in [0.2, 0.25) is 0 Å². The SMILES string of the molecule is CC1(C)CC(c2nc(I)c3c(Cl)nccn23)C1. The molecule has 3 nitrogen and oxygen atoms in total. The van der Waals surface area contributed by atoms with Crippen LogP contribution in [-0.4, -0.2) is 14.4 Å². The molecule has 0 saturated heterocycles. The van der Waals surface area contributed by atoms with E-state index < -0.39 is 0 Å². The Morgan fingerprint density at radius 3 is 2.82 bits per heavy atom. The molecule has 3 rings (SSSR count). The number of nitrogens with zero attached hydrogens (tertiary/aromatic N) is 3. The molecule has 2 aromatic heterocycles. The van der Waals surface area contributed by atoms with Crippen molar-refractivity contribution < 1.29 is 0 Å². The lowest BCUT2D eigenvalue weighted by atomic mass is 9.64. The van der Waals surface area contributed by atoms with Crippen molar-refractivity contribution in [3.05, 3.63) is 27.1 Å². The summed E-state index contributed by atoms with van der Waals surface area (Å²) in [6.07, 6.45) is 6.09. The summed E-state index contributed by atoms with van der Waals surface area (Å²) in [5.74, 6) is 1.69. The van der Waals surface area contributed by atoms with E-state index in [1.165, 1.54) is 12.8 Å². The number of hydrogen-bond acceptors (Lipinski definition) is 2. The highest BCUT2D eigenvalue weighted by Crippen LogP contribution is 2.50. The Morgan fingerprint density at radius 1 is 1.47 bits per heavy atom. The smallest absolute Gasteiger partial charge is 0.155 e. The first-order valence-electron chi connectivity index (χ1n) is 5.66. The Labute approximate surface area is 119 Å². The molecule has 0 bridgehead atoms. The van der Waals surface area contributed by atoms with Crippen LogP contribution in [0.15, 0.2) is 12.4 Å². The van der Waals surface area contributed by atoms with Crippen LogP contribution in [-0.2, 0) is 0 Å². The Balaban J connectivity index is 2.10. The maximum atomic E-state index is 6.12. The van der Waals surface area contributed by atoms with Crippen LogP contribution in [0.2, 0.25) is 5.15 Å². The average Bonchev–Trinajstić information content (AvgIpc) is 2.54. The second kappa shape index (κ2) is 3.82. The molecule has 1 fully saturated rings. The van der Waals surface area contributed by atoms with Crippen molar-refractivity contribution in [1.29, 1.82) is 0 Å². The predicted molar refractivity (Wildman–Crippen MR) is 76.5 cm³/mol. The molecular weight excluding hydrogens is 349 g/mol. The number of hydrogen-bond donors (Lipinski definition) is 0. The van der Waals surface area contributed by atoms with Gasteiger partial charge in [-0.3, -0.25) is 4.40 Å². The van der Waals surface area contributed by atoms with E-state index in [1.54, 1.807) is 6.20 Å². The molecule has 2 heterocycles. The van der Waals surface area contributed by atoms with E-state index in [1.807, 2.05) is 6.20 Å². The molecule has 2 aromatic rings. The van der Waals surface area contributed by atoms with Crippen molar-refractivity contribution >= 4 is 39.7 Å². The highest BCUT2D eigenvalue weighted by molar-refractivity contribution is 14.1. The summed E-state index contributed by atoms with van der Waals surface area (Å²) >= 11 is 8.35. The Bertz CT molecular complexity index is 583. The lowest BCUT2D eigenvalue weighted by Crippen LogP contribution is -2.31. The highest BCUT2D eigenvalue weighted by Gasteiger charge is 2.39. The largest absolute Gasteiger partial charge is 0.298 e. The van der Waals surface area contributed by atoms with Crippen molar-refractivity contribution in [3.63, 3.8) is 0 Å². The van der Waals surface area contributed by atoms with Gasteiger partial charge in [0.1, 0.15) is 15.0 Å². The Morgan fingerprint density at radius 2 is 2.18 bits per heavy atom. The fourth-order valence-electron chi connectivity index (χ4n) is 2.73. The summed E-state index contributed by atoms with van der Waals surface area (Å²) in [5, 5.41) is 0.536. The molecule has 0 amide bonds. The van der Waals surface area contributed by atoms with Crippen LogP contribution in [0.5, 0.6) is 0 Å². The zero-order valence-corrected chi connectivity index (χ0v) is 12.7. The highest BCUT2D eigenvalue weighted by atomic mass is 127. The molecule has 1 aliphatic rings. The van der Waals surface area contributed by atoms with Crippen LogP contribution in [0.1, 0.15) is 38.4 Å². The number of aromatic nitrogens is 3. The van der Waals surface area contributed by atoms with Gasteiger partial charge in [0.25, 0.3) is 0 Å². The summed E-state index contributed by atoms with van der Waals surface area (Å²) in [5.41, 5.74) is 1.40. The van der Waals surface area contributed by atoms with E-state index in [4.69, 9.17) is 11.6 Å². The maximum Gasteiger partial charge on any atom is 0.155 e. The fraction of sp³-hybridized carbons (Fsp3) is 0.500. The van der Waals surface area contributed by atoms with Crippen LogP contribution in [0.3, 0.4) is 0 Å². The fourth-order valence-corrected chi connectivity index (χ4v) is 3.89. The summed E-state index contributed by atoms with van der Waals surface area (Å²) in [6, 6.07) is 0. The van der Waals surface area contributed by atoms with Crippen LogP contribution >= 0.6 is 34.2 Å². The molecule has 1 aliphatic carbocycles. The number of halogens is 2. The predicted octanol–water partition coefficient (Wildman–Crippen LogP) is 3.89. The van der Waals surface area contributed by atoms with Gasteiger partial charge in [0, 0.05) is 18.3 Å². The molecule has 0 aliphatic heterocycles. The van der Waals surface area contributed by atoms with E-state index in [2.05, 4.69) is 50.8 Å². The number of fused-ring (bicyclic) bond motifs is 1. The van der Waals surface area contributed by atoms with Crippen LogP contribution < -0.4 is 0 Å². The lowest BCUT2D eigenvalue weighted by molar-refractivity contribution is 0.145. The van der Waals surface area contributed by atoms with E-state index in [-0.39, 0.29) is 0 Å². The molecule has 0 atom stereocenters. The van der Waals surface area contributed by atoms with Gasteiger partial charge < -0.3 is 0 Å². The maximum absolute atomic E-state index is 6.12. The molecule has 0 aromatic carbocycles. The van der Waals surface area contributed by atoms with Crippen molar-refractivity contribution in [3.8, 4) is 0 Å². The van der Waals surface area contributed by atoms with Gasteiger partial charge in [-0.2, -0.15) is 0 Å². The van der Waals surface area contributed by atoms with Crippen molar-refractivity contribution in [2.75, 3.05) is 0 Å². The van der Waals surface area contributed by atoms with Gasteiger partial charge in [0.15, 0.2) is 5.15 Å². The summed E-state index contributed by atoms with van der Waals surface area (Å²) in [4.78, 5) is 8.78. The van der Waals surface area contributed by atoms with Gasteiger partial charge in [-0.15, -0.1) is 0 Å². The third-order valence-corrected chi connectivity index (χ3v) is 4.49. The molecular formula is C12H13ClIN3. The van der Waals surface area contributed by atoms with Crippen LogP contribution in [0, 0.1) is 9.12 Å². The van der Waals surface area contributed by atoms with Crippen molar-refractivity contribution in [2.24, 2.45) is 5.41 Å². The van der Waals surface area contributed by atoms with Gasteiger partial charge in [-0.25, -0.2) is 9.97 Å².